The SMILES string of the molecule is c1ccc(C2Nc3c(ccc4cc(-c5nc(-c6ccc7ccccc7c6)nc(-c6ccc7ccccc7c6)n5)ccc34)S2)cc1. The van der Waals surface area contributed by atoms with E-state index >= 15 is 0 Å². The first-order valence-electron chi connectivity index (χ1n) is 15.0. The Balaban J connectivity index is 1.17. The minimum absolute atomic E-state index is 0.198. The quantitative estimate of drug-likeness (QED) is 0.220. The number of aromatic nitrogens is 3. The van der Waals surface area contributed by atoms with E-state index in [4.69, 9.17) is 15.0 Å². The number of benzene rings is 7. The Hall–Kier alpha value is -5.52. The van der Waals surface area contributed by atoms with Crippen LogP contribution in [0, 0.1) is 0 Å². The summed E-state index contributed by atoms with van der Waals surface area (Å²) in [4.78, 5) is 16.4. The molecule has 1 atom stereocenters. The monoisotopic (exact) mass is 594 g/mol. The molecule has 5 heteroatoms. The van der Waals surface area contributed by atoms with Gasteiger partial charge in [-0.25, -0.2) is 15.0 Å². The third-order valence-corrected chi connectivity index (χ3v) is 9.73. The number of nitrogens with zero attached hydrogens (tertiary/aromatic N) is 3. The van der Waals surface area contributed by atoms with Crippen molar-refractivity contribution in [3.05, 3.63) is 151 Å². The second-order valence-corrected chi connectivity index (χ2v) is 12.5. The van der Waals surface area contributed by atoms with E-state index in [1.165, 1.54) is 32.3 Å². The molecule has 0 amide bonds. The topological polar surface area (TPSA) is 50.7 Å². The van der Waals surface area contributed by atoms with E-state index < -0.39 is 0 Å². The van der Waals surface area contributed by atoms with Crippen molar-refractivity contribution in [2.75, 3.05) is 5.32 Å². The molecule has 9 rings (SSSR count). The Morgan fingerprint density at radius 3 is 1.53 bits per heavy atom. The van der Waals surface area contributed by atoms with Crippen molar-refractivity contribution in [3.63, 3.8) is 0 Å². The zero-order valence-corrected chi connectivity index (χ0v) is 25.0. The Bertz CT molecular complexity index is 2310. The second-order valence-electron chi connectivity index (χ2n) is 11.4. The van der Waals surface area contributed by atoms with Crippen LogP contribution in [0.1, 0.15) is 10.9 Å². The molecule has 1 aromatic heterocycles. The first-order chi connectivity index (χ1) is 22.2. The molecule has 1 unspecified atom stereocenters. The highest BCUT2D eigenvalue weighted by molar-refractivity contribution is 8.00. The van der Waals surface area contributed by atoms with E-state index in [1.807, 2.05) is 11.8 Å². The van der Waals surface area contributed by atoms with E-state index in [1.54, 1.807) is 0 Å². The average Bonchev–Trinajstić information content (AvgIpc) is 3.56. The normalized spacial score (nSPS) is 14.1. The fourth-order valence-corrected chi connectivity index (χ4v) is 7.34. The fraction of sp³-hybridized carbons (Fsp3) is 0.0250. The van der Waals surface area contributed by atoms with Crippen LogP contribution in [0.2, 0.25) is 0 Å². The maximum absolute atomic E-state index is 5.06. The second kappa shape index (κ2) is 10.6. The van der Waals surface area contributed by atoms with Crippen molar-refractivity contribution in [3.8, 4) is 34.2 Å². The smallest absolute Gasteiger partial charge is 0.164 e. The molecule has 0 aliphatic carbocycles. The van der Waals surface area contributed by atoms with Crippen LogP contribution in [-0.4, -0.2) is 15.0 Å². The zero-order chi connectivity index (χ0) is 29.7. The molecule has 7 aromatic carbocycles. The zero-order valence-electron chi connectivity index (χ0n) is 24.2. The molecular formula is C40H26N4S. The van der Waals surface area contributed by atoms with Gasteiger partial charge in [0, 0.05) is 27.0 Å². The van der Waals surface area contributed by atoms with Crippen LogP contribution in [0.3, 0.4) is 0 Å². The molecule has 212 valence electrons. The number of thioether (sulfide) groups is 1. The Kier molecular flexibility index (Phi) is 6.10. The Labute approximate surface area is 264 Å². The molecule has 2 heterocycles. The molecule has 1 aliphatic rings. The molecule has 0 spiro atoms. The van der Waals surface area contributed by atoms with E-state index in [0.29, 0.717) is 17.5 Å². The van der Waals surface area contributed by atoms with E-state index in [0.717, 1.165) is 32.8 Å². The van der Waals surface area contributed by atoms with Gasteiger partial charge in [-0.05, 0) is 56.8 Å². The molecule has 0 radical (unpaired) electrons. The summed E-state index contributed by atoms with van der Waals surface area (Å²) in [5.41, 5.74) is 5.34. The minimum atomic E-state index is 0.198. The number of anilines is 1. The highest BCUT2D eigenvalue weighted by atomic mass is 32.2. The van der Waals surface area contributed by atoms with Gasteiger partial charge in [0.2, 0.25) is 0 Å². The lowest BCUT2D eigenvalue weighted by molar-refractivity contribution is 1.08. The molecule has 0 saturated carbocycles. The van der Waals surface area contributed by atoms with Crippen molar-refractivity contribution >= 4 is 49.8 Å². The summed E-state index contributed by atoms with van der Waals surface area (Å²) in [6.07, 6.45) is 0. The summed E-state index contributed by atoms with van der Waals surface area (Å²) >= 11 is 1.86. The summed E-state index contributed by atoms with van der Waals surface area (Å²) in [7, 11) is 0. The van der Waals surface area contributed by atoms with Crippen molar-refractivity contribution in [2.24, 2.45) is 0 Å². The third-order valence-electron chi connectivity index (χ3n) is 8.51. The van der Waals surface area contributed by atoms with Gasteiger partial charge in [0.25, 0.3) is 0 Å². The van der Waals surface area contributed by atoms with Crippen molar-refractivity contribution < 1.29 is 0 Å². The van der Waals surface area contributed by atoms with Gasteiger partial charge in [-0.3, -0.25) is 0 Å². The minimum Gasteiger partial charge on any atom is -0.368 e. The van der Waals surface area contributed by atoms with Crippen molar-refractivity contribution in [2.45, 2.75) is 10.3 Å². The van der Waals surface area contributed by atoms with Crippen LogP contribution >= 0.6 is 11.8 Å². The van der Waals surface area contributed by atoms with Gasteiger partial charge in [0.1, 0.15) is 5.37 Å². The Morgan fingerprint density at radius 1 is 0.444 bits per heavy atom. The first-order valence-corrected chi connectivity index (χ1v) is 15.9. The predicted octanol–water partition coefficient (Wildman–Crippen LogP) is 10.5. The van der Waals surface area contributed by atoms with Crippen LogP contribution in [-0.2, 0) is 0 Å². The molecule has 8 aromatic rings. The number of hydrogen-bond donors (Lipinski definition) is 1. The number of hydrogen-bond acceptors (Lipinski definition) is 5. The van der Waals surface area contributed by atoms with E-state index in [9.17, 15) is 0 Å². The average molecular weight is 595 g/mol. The van der Waals surface area contributed by atoms with E-state index in [2.05, 4.69) is 151 Å². The largest absolute Gasteiger partial charge is 0.368 e. The van der Waals surface area contributed by atoms with Gasteiger partial charge in [0.15, 0.2) is 17.5 Å². The number of rotatable bonds is 4. The number of nitrogens with one attached hydrogen (secondary N) is 1. The standard InChI is InChI=1S/C40H26N4S/c1-2-10-27(11-3-1)40-41-36-34-20-18-33(24-30(34)19-21-35(36)45-40)39-43-37(31-16-14-25-8-4-6-12-28(25)22-31)42-38(44-39)32-17-15-26-9-5-7-13-29(26)23-32/h1-24,40-41H. The lowest BCUT2D eigenvalue weighted by Crippen LogP contribution is -2.01. The molecule has 0 saturated heterocycles. The highest BCUT2D eigenvalue weighted by Crippen LogP contribution is 2.49. The van der Waals surface area contributed by atoms with Crippen molar-refractivity contribution in [1.82, 2.24) is 15.0 Å². The van der Waals surface area contributed by atoms with Gasteiger partial charge in [0.05, 0.1) is 5.69 Å². The summed E-state index contributed by atoms with van der Waals surface area (Å²) in [5.74, 6) is 1.97. The molecule has 1 aliphatic heterocycles. The lowest BCUT2D eigenvalue weighted by Gasteiger charge is -2.12. The molecule has 0 bridgehead atoms. The predicted molar refractivity (Wildman–Crippen MR) is 187 cm³/mol. The maximum atomic E-state index is 5.06. The molecular weight excluding hydrogens is 569 g/mol. The maximum Gasteiger partial charge on any atom is 0.164 e. The van der Waals surface area contributed by atoms with Gasteiger partial charge in [-0.1, -0.05) is 133 Å². The highest BCUT2D eigenvalue weighted by Gasteiger charge is 2.24. The molecule has 1 N–H and O–H groups in total. The lowest BCUT2D eigenvalue weighted by atomic mass is 10.0. The van der Waals surface area contributed by atoms with E-state index in [-0.39, 0.29) is 5.37 Å². The van der Waals surface area contributed by atoms with Crippen LogP contribution < -0.4 is 5.32 Å². The van der Waals surface area contributed by atoms with Crippen LogP contribution in [0.25, 0.3) is 66.5 Å². The van der Waals surface area contributed by atoms with Crippen molar-refractivity contribution in [1.29, 1.82) is 0 Å². The van der Waals surface area contributed by atoms with Crippen LogP contribution in [0.5, 0.6) is 0 Å². The fourth-order valence-electron chi connectivity index (χ4n) is 6.18. The summed E-state index contributed by atoms with van der Waals surface area (Å²) < 4.78 is 0. The molecule has 4 nitrogen and oxygen atoms in total. The van der Waals surface area contributed by atoms with Gasteiger partial charge >= 0.3 is 0 Å². The first kappa shape index (κ1) is 25.9. The number of fused-ring (bicyclic) bond motifs is 5. The summed E-state index contributed by atoms with van der Waals surface area (Å²) in [6, 6.07) is 51.1. The van der Waals surface area contributed by atoms with Crippen LogP contribution in [0.4, 0.5) is 5.69 Å². The Morgan fingerprint density at radius 2 is 0.933 bits per heavy atom. The van der Waals surface area contributed by atoms with Gasteiger partial charge < -0.3 is 5.32 Å². The summed E-state index contributed by atoms with van der Waals surface area (Å²) in [6.45, 7) is 0. The van der Waals surface area contributed by atoms with Crippen LogP contribution in [0.15, 0.2) is 150 Å². The van der Waals surface area contributed by atoms with Gasteiger partial charge in [-0.2, -0.15) is 0 Å². The summed E-state index contributed by atoms with van der Waals surface area (Å²) in [5, 5.41) is 11.0. The van der Waals surface area contributed by atoms with Gasteiger partial charge in [-0.15, -0.1) is 0 Å². The third kappa shape index (κ3) is 4.69. The molecule has 0 fully saturated rings. The molecule has 45 heavy (non-hydrogen) atoms.